The van der Waals surface area contributed by atoms with E-state index < -0.39 is 4.92 Å². The molecule has 0 atom stereocenters. The first-order valence-electron chi connectivity index (χ1n) is 11.1. The fraction of sp³-hybridized carbons (Fsp3) is 0.292. The van der Waals surface area contributed by atoms with Crippen LogP contribution in [0, 0.1) is 17.0 Å². The van der Waals surface area contributed by atoms with Crippen molar-refractivity contribution in [1.29, 1.82) is 0 Å². The third-order valence-electron chi connectivity index (χ3n) is 5.82. The number of thioether (sulfide) groups is 1. The summed E-state index contributed by atoms with van der Waals surface area (Å²) in [5.74, 6) is 0.937. The second kappa shape index (κ2) is 9.55. The zero-order chi connectivity index (χ0) is 23.7. The Morgan fingerprint density at radius 1 is 1.24 bits per heavy atom. The molecule has 0 spiro atoms. The largest absolute Gasteiger partial charge is 0.457 e. The Hall–Kier alpha value is -3.24. The molecule has 34 heavy (non-hydrogen) atoms. The normalized spacial score (nSPS) is 19.4. The number of nitro groups is 1. The number of aliphatic imine (C=N–C) groups is 1. The maximum absolute atomic E-state index is 13.4. The number of hydrogen-bond acceptors (Lipinski definition) is 8. The number of rotatable bonds is 5. The molecule has 0 N–H and O–H groups in total. The lowest BCUT2D eigenvalue weighted by atomic mass is 9.94. The standard InChI is InChI=1S/C24H22N4O4S2/c1-15-14-33-23(25-15)26-24-27(17-7-3-2-4-8-17)22(29)21(34-24)13-19-10-11-20(32-19)16-6-5-9-18(12-16)28(30)31/h5-6,9-14,17H,2-4,7-8H2,1H3/b21-13+,26-24+. The van der Waals surface area contributed by atoms with Crippen LogP contribution in [-0.2, 0) is 4.79 Å². The van der Waals surface area contributed by atoms with E-state index in [-0.39, 0.29) is 17.6 Å². The van der Waals surface area contributed by atoms with E-state index in [1.807, 2.05) is 17.2 Å². The first kappa shape index (κ1) is 22.5. The Morgan fingerprint density at radius 2 is 2.06 bits per heavy atom. The summed E-state index contributed by atoms with van der Waals surface area (Å²) >= 11 is 2.80. The van der Waals surface area contributed by atoms with Crippen LogP contribution < -0.4 is 0 Å². The molecule has 8 nitrogen and oxygen atoms in total. The van der Waals surface area contributed by atoms with Crippen LogP contribution in [0.4, 0.5) is 10.8 Å². The highest BCUT2D eigenvalue weighted by molar-refractivity contribution is 8.18. The average Bonchev–Trinajstić information content (AvgIpc) is 3.55. The number of hydrogen-bond donors (Lipinski definition) is 0. The van der Waals surface area contributed by atoms with Crippen molar-refractivity contribution >= 4 is 51.1 Å². The van der Waals surface area contributed by atoms with E-state index in [1.54, 1.807) is 30.3 Å². The predicted molar refractivity (Wildman–Crippen MR) is 134 cm³/mol. The monoisotopic (exact) mass is 494 g/mol. The third-order valence-corrected chi connectivity index (χ3v) is 7.65. The van der Waals surface area contributed by atoms with Crippen LogP contribution in [0.1, 0.15) is 43.6 Å². The lowest BCUT2D eigenvalue weighted by molar-refractivity contribution is -0.384. The van der Waals surface area contributed by atoms with Crippen LogP contribution in [0.15, 0.2) is 56.1 Å². The number of benzene rings is 1. The van der Waals surface area contributed by atoms with Crippen LogP contribution >= 0.6 is 23.1 Å². The van der Waals surface area contributed by atoms with Crippen LogP contribution in [0.2, 0.25) is 0 Å². The second-order valence-corrected chi connectivity index (χ2v) is 10.1. The number of amidine groups is 1. The molecule has 1 aliphatic carbocycles. The number of amides is 1. The lowest BCUT2D eigenvalue weighted by Gasteiger charge is -2.30. The van der Waals surface area contributed by atoms with Gasteiger partial charge in [0.25, 0.3) is 11.6 Å². The maximum atomic E-state index is 13.4. The van der Waals surface area contributed by atoms with E-state index in [4.69, 9.17) is 9.41 Å². The minimum absolute atomic E-state index is 0.00303. The molecule has 1 aliphatic heterocycles. The topological polar surface area (TPSA) is 102 Å². The van der Waals surface area contributed by atoms with Crippen molar-refractivity contribution in [3.63, 3.8) is 0 Å². The van der Waals surface area contributed by atoms with Gasteiger partial charge in [0.05, 0.1) is 15.5 Å². The van der Waals surface area contributed by atoms with Gasteiger partial charge in [-0.2, -0.15) is 4.99 Å². The molecule has 1 aromatic carbocycles. The molecule has 2 aromatic heterocycles. The van der Waals surface area contributed by atoms with Crippen molar-refractivity contribution in [3.8, 4) is 11.3 Å². The first-order chi connectivity index (χ1) is 16.5. The maximum Gasteiger partial charge on any atom is 0.270 e. The third kappa shape index (κ3) is 4.69. The summed E-state index contributed by atoms with van der Waals surface area (Å²) in [4.78, 5) is 35.6. The Labute approximate surface area is 204 Å². The summed E-state index contributed by atoms with van der Waals surface area (Å²) in [6.45, 7) is 1.92. The van der Waals surface area contributed by atoms with Gasteiger partial charge in [0, 0.05) is 35.2 Å². The quantitative estimate of drug-likeness (QED) is 0.226. The molecule has 2 fully saturated rings. The number of carbonyl (C=O) groups is 1. The van der Waals surface area contributed by atoms with E-state index in [2.05, 4.69) is 4.98 Å². The zero-order valence-corrected chi connectivity index (χ0v) is 20.1. The van der Waals surface area contributed by atoms with Crippen molar-refractivity contribution in [2.24, 2.45) is 4.99 Å². The number of furan rings is 1. The van der Waals surface area contributed by atoms with Gasteiger partial charge < -0.3 is 4.42 Å². The number of nitrogens with zero attached hydrogens (tertiary/aromatic N) is 4. The number of non-ortho nitro benzene ring substituents is 1. The van der Waals surface area contributed by atoms with Crippen molar-refractivity contribution in [3.05, 3.63) is 68.3 Å². The Bertz CT molecular complexity index is 1300. The zero-order valence-electron chi connectivity index (χ0n) is 18.5. The molecule has 0 bridgehead atoms. The second-order valence-electron chi connectivity index (χ2n) is 8.25. The highest BCUT2D eigenvalue weighted by Gasteiger charge is 2.39. The molecule has 3 heterocycles. The molecule has 0 unspecified atom stereocenters. The molecule has 174 valence electrons. The Kier molecular flexibility index (Phi) is 6.34. The van der Waals surface area contributed by atoms with Crippen molar-refractivity contribution in [2.45, 2.75) is 45.1 Å². The fourth-order valence-corrected chi connectivity index (χ4v) is 5.93. The summed E-state index contributed by atoms with van der Waals surface area (Å²) < 4.78 is 5.92. The SMILES string of the molecule is Cc1csc(/N=C2/S/C(=C/c3ccc(-c4cccc([N+](=O)[O-])c4)o3)C(=O)N2C2CCCCC2)n1. The van der Waals surface area contributed by atoms with E-state index in [0.29, 0.717) is 32.3 Å². The minimum atomic E-state index is -0.437. The van der Waals surface area contributed by atoms with Crippen LogP contribution in [0.3, 0.4) is 0 Å². The molecule has 10 heteroatoms. The average molecular weight is 495 g/mol. The van der Waals surface area contributed by atoms with E-state index >= 15 is 0 Å². The minimum Gasteiger partial charge on any atom is -0.457 e. The van der Waals surface area contributed by atoms with Gasteiger partial charge in [-0.15, -0.1) is 11.3 Å². The molecule has 5 rings (SSSR count). The highest BCUT2D eigenvalue weighted by Crippen LogP contribution is 2.39. The Morgan fingerprint density at radius 3 is 2.79 bits per heavy atom. The van der Waals surface area contributed by atoms with Crippen LogP contribution in [0.5, 0.6) is 0 Å². The van der Waals surface area contributed by atoms with E-state index in [9.17, 15) is 14.9 Å². The summed E-state index contributed by atoms with van der Waals surface area (Å²) in [6, 6.07) is 9.93. The van der Waals surface area contributed by atoms with Crippen LogP contribution in [-0.4, -0.2) is 31.9 Å². The summed E-state index contributed by atoms with van der Waals surface area (Å²) in [5.41, 5.74) is 1.51. The molecule has 2 aliphatic rings. The summed E-state index contributed by atoms with van der Waals surface area (Å²) in [5, 5.41) is 14.3. The van der Waals surface area contributed by atoms with Crippen LogP contribution in [0.25, 0.3) is 17.4 Å². The van der Waals surface area contributed by atoms with Gasteiger partial charge in [-0.3, -0.25) is 19.8 Å². The summed E-state index contributed by atoms with van der Waals surface area (Å²) in [6.07, 6.45) is 7.05. The molecular formula is C24H22N4O4S2. The summed E-state index contributed by atoms with van der Waals surface area (Å²) in [7, 11) is 0. The molecule has 0 radical (unpaired) electrons. The Balaban J connectivity index is 1.45. The molecule has 3 aromatic rings. The molecule has 1 saturated heterocycles. The number of aryl methyl sites for hydroxylation is 1. The predicted octanol–water partition coefficient (Wildman–Crippen LogP) is 6.56. The van der Waals surface area contributed by atoms with Gasteiger partial charge in [-0.05, 0) is 43.7 Å². The first-order valence-corrected chi connectivity index (χ1v) is 12.8. The smallest absolute Gasteiger partial charge is 0.270 e. The van der Waals surface area contributed by atoms with Gasteiger partial charge in [-0.25, -0.2) is 4.98 Å². The van der Waals surface area contributed by atoms with E-state index in [0.717, 1.165) is 31.4 Å². The van der Waals surface area contributed by atoms with E-state index in [1.165, 1.54) is 41.7 Å². The molecular weight excluding hydrogens is 472 g/mol. The van der Waals surface area contributed by atoms with Crippen molar-refractivity contribution in [1.82, 2.24) is 9.88 Å². The van der Waals surface area contributed by atoms with Gasteiger partial charge in [0.2, 0.25) is 5.13 Å². The van der Waals surface area contributed by atoms with Crippen molar-refractivity contribution in [2.75, 3.05) is 0 Å². The lowest BCUT2D eigenvalue weighted by Crippen LogP contribution is -2.40. The molecule has 1 amide bonds. The van der Waals surface area contributed by atoms with Gasteiger partial charge in [0.15, 0.2) is 5.17 Å². The highest BCUT2D eigenvalue weighted by atomic mass is 32.2. The number of aromatic nitrogens is 1. The number of thiazole rings is 1. The van der Waals surface area contributed by atoms with Gasteiger partial charge in [-0.1, -0.05) is 31.4 Å². The van der Waals surface area contributed by atoms with Crippen molar-refractivity contribution < 1.29 is 14.1 Å². The van der Waals surface area contributed by atoms with Gasteiger partial charge in [0.1, 0.15) is 11.5 Å². The van der Waals surface area contributed by atoms with Gasteiger partial charge >= 0.3 is 0 Å². The number of carbonyl (C=O) groups excluding carboxylic acids is 1. The fourth-order valence-electron chi connectivity index (χ4n) is 4.19. The number of nitro benzene ring substituents is 1. The molecule has 1 saturated carbocycles.